The van der Waals surface area contributed by atoms with Crippen LogP contribution in [0.5, 0.6) is 5.75 Å². The fraction of sp³-hybridized carbons (Fsp3) is 0.250. The first-order valence-electron chi connectivity index (χ1n) is 9.97. The van der Waals surface area contributed by atoms with Gasteiger partial charge in [0, 0.05) is 34.2 Å². The Balaban J connectivity index is 1.65. The Hall–Kier alpha value is -3.05. The van der Waals surface area contributed by atoms with Gasteiger partial charge in [-0.05, 0) is 48.6 Å². The zero-order valence-electron chi connectivity index (χ0n) is 16.7. The quantitative estimate of drug-likeness (QED) is 0.627. The van der Waals surface area contributed by atoms with Crippen molar-refractivity contribution in [1.82, 2.24) is 9.97 Å². The fourth-order valence-electron chi connectivity index (χ4n) is 4.13. The van der Waals surface area contributed by atoms with Crippen LogP contribution in [0.25, 0.3) is 5.57 Å². The molecule has 0 aliphatic heterocycles. The first-order valence-corrected chi connectivity index (χ1v) is 10.3. The summed E-state index contributed by atoms with van der Waals surface area (Å²) in [7, 11) is 1.64. The summed E-state index contributed by atoms with van der Waals surface area (Å²) >= 11 is 6.09. The van der Waals surface area contributed by atoms with Crippen LogP contribution >= 0.6 is 11.6 Å². The largest absolute Gasteiger partial charge is 0.496 e. The summed E-state index contributed by atoms with van der Waals surface area (Å²) in [4.78, 5) is 29.9. The number of aromatic nitrogens is 2. The molecule has 4 rings (SSSR count). The van der Waals surface area contributed by atoms with Crippen LogP contribution in [0.1, 0.15) is 47.6 Å². The Bertz CT molecular complexity index is 1200. The molecule has 1 atom stereocenters. The summed E-state index contributed by atoms with van der Waals surface area (Å²) in [6.45, 7) is 0. The number of hydrogen-bond donors (Lipinski definition) is 2. The van der Waals surface area contributed by atoms with E-state index in [-0.39, 0.29) is 11.5 Å². The highest BCUT2D eigenvalue weighted by molar-refractivity contribution is 6.30. The minimum Gasteiger partial charge on any atom is -0.496 e. The standard InChI is InChI=1S/C24H23ClN2O3/c1-30-21-14-18(25)11-12-19(21)16-7-9-17(10-8-16)22-20(23(28)27-24(29)26-22)13-15-5-3-2-4-6-15/h2-7,11-12,14,17H,8-10,13H2,1H3,(H2,26,27,28,29). The van der Waals surface area contributed by atoms with Gasteiger partial charge in [0.05, 0.1) is 7.11 Å². The molecule has 0 saturated heterocycles. The fourth-order valence-corrected chi connectivity index (χ4v) is 4.29. The molecule has 1 aromatic heterocycles. The van der Waals surface area contributed by atoms with Crippen LogP contribution in [0.15, 0.2) is 64.2 Å². The van der Waals surface area contributed by atoms with Gasteiger partial charge in [-0.1, -0.05) is 48.0 Å². The van der Waals surface area contributed by atoms with Crippen molar-refractivity contribution in [3.8, 4) is 5.75 Å². The Morgan fingerprint density at radius 2 is 1.90 bits per heavy atom. The molecule has 6 heteroatoms. The van der Waals surface area contributed by atoms with Gasteiger partial charge >= 0.3 is 5.69 Å². The molecule has 1 unspecified atom stereocenters. The van der Waals surface area contributed by atoms with Crippen molar-refractivity contribution in [3.63, 3.8) is 0 Å². The highest BCUT2D eigenvalue weighted by atomic mass is 35.5. The summed E-state index contributed by atoms with van der Waals surface area (Å²) in [5.41, 5.74) is 3.86. The monoisotopic (exact) mass is 422 g/mol. The van der Waals surface area contributed by atoms with E-state index in [9.17, 15) is 9.59 Å². The highest BCUT2D eigenvalue weighted by Gasteiger charge is 2.23. The number of methoxy groups -OCH3 is 1. The lowest BCUT2D eigenvalue weighted by Gasteiger charge is -2.24. The van der Waals surface area contributed by atoms with Gasteiger partial charge in [-0.2, -0.15) is 0 Å². The molecule has 2 aromatic carbocycles. The van der Waals surface area contributed by atoms with Gasteiger partial charge in [-0.3, -0.25) is 9.78 Å². The molecule has 0 bridgehead atoms. The number of allylic oxidation sites excluding steroid dienone is 2. The number of nitrogens with one attached hydrogen (secondary N) is 2. The zero-order valence-corrected chi connectivity index (χ0v) is 17.5. The lowest BCUT2D eigenvalue weighted by Crippen LogP contribution is -2.30. The molecule has 0 spiro atoms. The Kier molecular flexibility index (Phi) is 5.91. The van der Waals surface area contributed by atoms with Crippen molar-refractivity contribution in [2.45, 2.75) is 31.6 Å². The van der Waals surface area contributed by atoms with Crippen LogP contribution in [0.2, 0.25) is 5.02 Å². The van der Waals surface area contributed by atoms with Gasteiger partial charge in [0.25, 0.3) is 5.56 Å². The van der Waals surface area contributed by atoms with Crippen molar-refractivity contribution in [2.75, 3.05) is 7.11 Å². The molecule has 0 saturated carbocycles. The third kappa shape index (κ3) is 4.26. The molecular formula is C24H23ClN2O3. The van der Waals surface area contributed by atoms with Crippen LogP contribution in [-0.4, -0.2) is 17.1 Å². The number of halogens is 1. The average molecular weight is 423 g/mol. The number of H-pyrrole nitrogens is 2. The third-order valence-corrected chi connectivity index (χ3v) is 5.86. The van der Waals surface area contributed by atoms with Gasteiger partial charge in [0.15, 0.2) is 0 Å². The predicted octanol–water partition coefficient (Wildman–Crippen LogP) is 4.67. The lowest BCUT2D eigenvalue weighted by atomic mass is 9.82. The Morgan fingerprint density at radius 1 is 1.10 bits per heavy atom. The van der Waals surface area contributed by atoms with Gasteiger partial charge in [-0.15, -0.1) is 0 Å². The van der Waals surface area contributed by atoms with Crippen LogP contribution in [0, 0.1) is 0 Å². The zero-order chi connectivity index (χ0) is 21.1. The second-order valence-electron chi connectivity index (χ2n) is 7.51. The molecule has 0 amide bonds. The van der Waals surface area contributed by atoms with Crippen molar-refractivity contribution < 1.29 is 4.74 Å². The van der Waals surface area contributed by atoms with E-state index in [0.29, 0.717) is 17.0 Å². The molecule has 154 valence electrons. The average Bonchev–Trinajstić information content (AvgIpc) is 2.76. The summed E-state index contributed by atoms with van der Waals surface area (Å²) in [6.07, 6.45) is 5.05. The van der Waals surface area contributed by atoms with E-state index in [1.54, 1.807) is 7.11 Å². The van der Waals surface area contributed by atoms with E-state index in [0.717, 1.165) is 41.8 Å². The van der Waals surface area contributed by atoms with Crippen molar-refractivity contribution in [3.05, 3.63) is 103 Å². The van der Waals surface area contributed by atoms with Gasteiger partial charge in [0.1, 0.15) is 5.75 Å². The van der Waals surface area contributed by atoms with E-state index in [1.807, 2.05) is 48.5 Å². The lowest BCUT2D eigenvalue weighted by molar-refractivity contribution is 0.413. The van der Waals surface area contributed by atoms with E-state index < -0.39 is 5.69 Å². The summed E-state index contributed by atoms with van der Waals surface area (Å²) in [5, 5.41) is 0.636. The predicted molar refractivity (Wildman–Crippen MR) is 120 cm³/mol. The van der Waals surface area contributed by atoms with Crippen LogP contribution in [0.3, 0.4) is 0 Å². The second-order valence-corrected chi connectivity index (χ2v) is 7.94. The van der Waals surface area contributed by atoms with Crippen molar-refractivity contribution >= 4 is 17.2 Å². The van der Waals surface area contributed by atoms with Gasteiger partial charge in [-0.25, -0.2) is 4.79 Å². The molecule has 1 aliphatic rings. The molecule has 5 nitrogen and oxygen atoms in total. The number of benzene rings is 2. The maximum atomic E-state index is 12.6. The first-order chi connectivity index (χ1) is 14.5. The minimum absolute atomic E-state index is 0.0840. The molecule has 1 heterocycles. The molecular weight excluding hydrogens is 400 g/mol. The van der Waals surface area contributed by atoms with Crippen LogP contribution < -0.4 is 16.0 Å². The Labute approximate surface area is 179 Å². The summed E-state index contributed by atoms with van der Waals surface area (Å²) in [5.74, 6) is 0.835. The van der Waals surface area contributed by atoms with E-state index in [4.69, 9.17) is 16.3 Å². The number of aromatic amines is 2. The van der Waals surface area contributed by atoms with Crippen LogP contribution in [0.4, 0.5) is 0 Å². The number of hydrogen-bond acceptors (Lipinski definition) is 3. The Morgan fingerprint density at radius 3 is 2.60 bits per heavy atom. The summed E-state index contributed by atoms with van der Waals surface area (Å²) < 4.78 is 5.49. The molecule has 30 heavy (non-hydrogen) atoms. The van der Waals surface area contributed by atoms with E-state index in [1.165, 1.54) is 5.57 Å². The molecule has 1 aliphatic carbocycles. The second kappa shape index (κ2) is 8.76. The van der Waals surface area contributed by atoms with E-state index >= 15 is 0 Å². The number of ether oxygens (including phenoxy) is 1. The van der Waals surface area contributed by atoms with Crippen molar-refractivity contribution in [2.24, 2.45) is 0 Å². The molecule has 2 N–H and O–H groups in total. The smallest absolute Gasteiger partial charge is 0.325 e. The van der Waals surface area contributed by atoms with Gasteiger partial charge < -0.3 is 9.72 Å². The topological polar surface area (TPSA) is 75.0 Å². The first kappa shape index (κ1) is 20.2. The molecule has 3 aromatic rings. The SMILES string of the molecule is COc1cc(Cl)ccc1C1=CCC(c2[nH]c(=O)[nH]c(=O)c2Cc2ccccc2)CC1. The van der Waals surface area contributed by atoms with Gasteiger partial charge in [0.2, 0.25) is 0 Å². The highest BCUT2D eigenvalue weighted by Crippen LogP contribution is 2.39. The van der Waals surface area contributed by atoms with Crippen molar-refractivity contribution in [1.29, 1.82) is 0 Å². The van der Waals surface area contributed by atoms with E-state index in [2.05, 4.69) is 16.0 Å². The minimum atomic E-state index is -0.457. The molecule has 0 fully saturated rings. The van der Waals surface area contributed by atoms with Crippen LogP contribution in [-0.2, 0) is 6.42 Å². The molecule has 0 radical (unpaired) electrons. The number of rotatable bonds is 5. The third-order valence-electron chi connectivity index (χ3n) is 5.63. The normalized spacial score (nSPS) is 16.2. The summed E-state index contributed by atoms with van der Waals surface area (Å²) in [6, 6.07) is 15.5. The maximum absolute atomic E-state index is 12.6. The maximum Gasteiger partial charge on any atom is 0.325 e.